The summed E-state index contributed by atoms with van der Waals surface area (Å²) in [5, 5.41) is 20.6. The lowest BCUT2D eigenvalue weighted by molar-refractivity contribution is 0.0696. The van der Waals surface area contributed by atoms with Gasteiger partial charge < -0.3 is 15.2 Å². The van der Waals surface area contributed by atoms with Gasteiger partial charge in [-0.2, -0.15) is 0 Å². The molecule has 0 aliphatic heterocycles. The first kappa shape index (κ1) is 14.8. The maximum atomic E-state index is 11.1. The Labute approximate surface area is 141 Å². The number of aromatic amines is 1. The Morgan fingerprint density at radius 2 is 2.08 bits per heavy atom. The van der Waals surface area contributed by atoms with Crippen molar-refractivity contribution in [2.24, 2.45) is 4.99 Å². The van der Waals surface area contributed by atoms with E-state index in [-0.39, 0.29) is 11.4 Å². The van der Waals surface area contributed by atoms with Crippen molar-refractivity contribution in [3.8, 4) is 5.88 Å². The van der Waals surface area contributed by atoms with E-state index in [2.05, 4.69) is 19.9 Å². The van der Waals surface area contributed by atoms with E-state index in [0.717, 1.165) is 10.9 Å². The smallest absolute Gasteiger partial charge is 0.337 e. The summed E-state index contributed by atoms with van der Waals surface area (Å²) in [5.74, 6) is -1.20. The first-order valence-corrected chi connectivity index (χ1v) is 7.44. The summed E-state index contributed by atoms with van der Waals surface area (Å²) in [7, 11) is 0. The summed E-state index contributed by atoms with van der Waals surface area (Å²) in [6.07, 6.45) is 4.44. The van der Waals surface area contributed by atoms with Gasteiger partial charge in [0.2, 0.25) is 0 Å². The molecule has 0 bridgehead atoms. The molecule has 1 aromatic carbocycles. The molecule has 3 N–H and O–H groups in total. The lowest BCUT2D eigenvalue weighted by Gasteiger charge is -1.98. The number of aromatic carboxylic acids is 1. The van der Waals surface area contributed by atoms with Crippen LogP contribution in [-0.2, 0) is 0 Å². The van der Waals surface area contributed by atoms with E-state index in [1.165, 1.54) is 18.5 Å². The molecular weight excluding hydrogens is 320 g/mol. The number of carboxylic acids is 1. The summed E-state index contributed by atoms with van der Waals surface area (Å²) in [5.41, 5.74) is 2.38. The van der Waals surface area contributed by atoms with Crippen molar-refractivity contribution >= 4 is 39.8 Å². The van der Waals surface area contributed by atoms with Crippen molar-refractivity contribution in [1.29, 1.82) is 0 Å². The van der Waals surface area contributed by atoms with Crippen molar-refractivity contribution in [3.05, 3.63) is 59.9 Å². The second kappa shape index (κ2) is 5.72. The maximum Gasteiger partial charge on any atom is 0.337 e. The van der Waals surface area contributed by atoms with Gasteiger partial charge in [-0.05, 0) is 30.3 Å². The molecule has 25 heavy (non-hydrogen) atoms. The molecule has 0 unspecified atom stereocenters. The summed E-state index contributed by atoms with van der Waals surface area (Å²) >= 11 is 0. The molecule has 7 nitrogen and oxygen atoms in total. The Kier molecular flexibility index (Phi) is 3.39. The Balaban J connectivity index is 1.78. The number of aliphatic imine (C=N–C) groups is 1. The van der Waals surface area contributed by atoms with Crippen LogP contribution in [0.1, 0.15) is 15.9 Å². The Morgan fingerprint density at radius 3 is 2.92 bits per heavy atom. The lowest BCUT2D eigenvalue weighted by atomic mass is 10.1. The van der Waals surface area contributed by atoms with Crippen LogP contribution in [-0.4, -0.2) is 37.3 Å². The van der Waals surface area contributed by atoms with Crippen LogP contribution in [0.15, 0.2) is 53.8 Å². The number of fused-ring (bicyclic) bond motifs is 2. The first-order chi connectivity index (χ1) is 12.1. The molecule has 0 radical (unpaired) electrons. The zero-order valence-corrected chi connectivity index (χ0v) is 12.8. The quantitative estimate of drug-likeness (QED) is 0.499. The predicted molar refractivity (Wildman–Crippen MR) is 93.7 cm³/mol. The third kappa shape index (κ3) is 2.67. The van der Waals surface area contributed by atoms with E-state index >= 15 is 0 Å². The van der Waals surface area contributed by atoms with Gasteiger partial charge in [-0.25, -0.2) is 9.78 Å². The molecule has 0 fully saturated rings. The Hall–Kier alpha value is -3.74. The number of H-pyrrole nitrogens is 1. The van der Waals surface area contributed by atoms with Crippen LogP contribution in [0.3, 0.4) is 0 Å². The molecular formula is C18H12N4O3. The van der Waals surface area contributed by atoms with Crippen LogP contribution in [0.2, 0.25) is 0 Å². The van der Waals surface area contributed by atoms with Crippen molar-refractivity contribution in [2.75, 3.05) is 0 Å². The van der Waals surface area contributed by atoms with Crippen molar-refractivity contribution in [3.63, 3.8) is 0 Å². The minimum Gasteiger partial charge on any atom is -0.494 e. The van der Waals surface area contributed by atoms with Crippen molar-refractivity contribution in [2.45, 2.75) is 0 Å². The second-order valence-electron chi connectivity index (χ2n) is 5.45. The van der Waals surface area contributed by atoms with E-state index in [4.69, 9.17) is 5.11 Å². The molecule has 0 aliphatic carbocycles. The lowest BCUT2D eigenvalue weighted by Crippen LogP contribution is -1.96. The fourth-order valence-corrected chi connectivity index (χ4v) is 2.61. The number of pyridine rings is 2. The molecule has 4 rings (SSSR count). The van der Waals surface area contributed by atoms with Gasteiger partial charge in [-0.3, -0.25) is 9.98 Å². The van der Waals surface area contributed by atoms with E-state index in [9.17, 15) is 9.90 Å². The standard InChI is InChI=1S/C18H12N4O3/c23-17-14(13-7-11(18(24)25)8-21-16(13)22-17)9-20-12-3-4-15-10(6-12)2-1-5-19-15/h1-9,23H,(H,21,22)(H,24,25). The number of nitrogens with one attached hydrogen (secondary N) is 1. The van der Waals surface area contributed by atoms with E-state index in [1.54, 1.807) is 6.20 Å². The number of nitrogens with zero attached hydrogens (tertiary/aromatic N) is 3. The highest BCUT2D eigenvalue weighted by Gasteiger charge is 2.13. The normalized spacial score (nSPS) is 11.5. The molecule has 4 aromatic rings. The summed E-state index contributed by atoms with van der Waals surface area (Å²) < 4.78 is 0. The average Bonchev–Trinajstić information content (AvgIpc) is 2.94. The zero-order chi connectivity index (χ0) is 17.4. The first-order valence-electron chi connectivity index (χ1n) is 7.44. The van der Waals surface area contributed by atoms with Gasteiger partial charge in [-0.1, -0.05) is 6.07 Å². The number of carbonyl (C=O) groups is 1. The van der Waals surface area contributed by atoms with Crippen LogP contribution < -0.4 is 0 Å². The SMILES string of the molecule is O=C(O)c1cnc2[nH]c(O)c(C=Nc3ccc4ncccc4c3)c2c1. The van der Waals surface area contributed by atoms with E-state index < -0.39 is 5.97 Å². The fraction of sp³-hybridized carbons (Fsp3) is 0. The highest BCUT2D eigenvalue weighted by molar-refractivity contribution is 6.03. The summed E-state index contributed by atoms with van der Waals surface area (Å²) in [6.45, 7) is 0. The van der Waals surface area contributed by atoms with E-state index in [0.29, 0.717) is 22.3 Å². The topological polar surface area (TPSA) is 111 Å². The number of benzene rings is 1. The van der Waals surface area contributed by atoms with Crippen LogP contribution >= 0.6 is 0 Å². The van der Waals surface area contributed by atoms with E-state index in [1.807, 2.05) is 30.3 Å². The van der Waals surface area contributed by atoms with Gasteiger partial charge in [0, 0.05) is 29.4 Å². The van der Waals surface area contributed by atoms with Gasteiger partial charge in [0.05, 0.1) is 22.3 Å². The minimum absolute atomic E-state index is 0.0397. The van der Waals surface area contributed by atoms with Gasteiger partial charge in [-0.15, -0.1) is 0 Å². The maximum absolute atomic E-state index is 11.1. The average molecular weight is 332 g/mol. The van der Waals surface area contributed by atoms with Crippen LogP contribution in [0.25, 0.3) is 21.9 Å². The molecule has 3 aromatic heterocycles. The van der Waals surface area contributed by atoms with Crippen molar-refractivity contribution in [1.82, 2.24) is 15.0 Å². The molecule has 3 heterocycles. The highest BCUT2D eigenvalue weighted by Crippen LogP contribution is 2.26. The number of aromatic nitrogens is 3. The number of carboxylic acid groups (broad SMARTS) is 1. The third-order valence-corrected chi connectivity index (χ3v) is 3.85. The van der Waals surface area contributed by atoms with Gasteiger partial charge >= 0.3 is 5.97 Å². The molecule has 0 atom stereocenters. The molecule has 0 aliphatic rings. The number of hydrogen-bond donors (Lipinski definition) is 3. The third-order valence-electron chi connectivity index (χ3n) is 3.85. The highest BCUT2D eigenvalue weighted by atomic mass is 16.4. The number of aromatic hydroxyl groups is 1. The summed E-state index contributed by atoms with van der Waals surface area (Å²) in [4.78, 5) is 26.5. The number of rotatable bonds is 3. The molecule has 0 spiro atoms. The zero-order valence-electron chi connectivity index (χ0n) is 12.8. The molecule has 0 saturated heterocycles. The van der Waals surface area contributed by atoms with Gasteiger partial charge in [0.15, 0.2) is 5.88 Å². The van der Waals surface area contributed by atoms with Crippen LogP contribution in [0.4, 0.5) is 5.69 Å². The van der Waals surface area contributed by atoms with Crippen molar-refractivity contribution < 1.29 is 15.0 Å². The fourth-order valence-electron chi connectivity index (χ4n) is 2.61. The monoisotopic (exact) mass is 332 g/mol. The molecule has 0 saturated carbocycles. The molecule has 122 valence electrons. The second-order valence-corrected chi connectivity index (χ2v) is 5.45. The Morgan fingerprint density at radius 1 is 1.20 bits per heavy atom. The van der Waals surface area contributed by atoms with Gasteiger partial charge in [0.1, 0.15) is 5.65 Å². The largest absolute Gasteiger partial charge is 0.494 e. The Bertz CT molecular complexity index is 1150. The molecule has 0 amide bonds. The van der Waals surface area contributed by atoms with Crippen LogP contribution in [0, 0.1) is 0 Å². The minimum atomic E-state index is -1.08. The van der Waals surface area contributed by atoms with Crippen LogP contribution in [0.5, 0.6) is 5.88 Å². The van der Waals surface area contributed by atoms with Gasteiger partial charge in [0.25, 0.3) is 0 Å². The molecule has 7 heteroatoms. The summed E-state index contributed by atoms with van der Waals surface area (Å²) in [6, 6.07) is 10.8. The predicted octanol–water partition coefficient (Wildman–Crippen LogP) is 3.27. The number of hydrogen-bond acceptors (Lipinski definition) is 5.